The van der Waals surface area contributed by atoms with Gasteiger partial charge in [-0.15, -0.1) is 0 Å². The fraction of sp³-hybridized carbons (Fsp3) is 0.200. The Labute approximate surface area is 145 Å². The van der Waals surface area contributed by atoms with Crippen molar-refractivity contribution < 1.29 is 26.3 Å². The molecule has 1 N–H and O–H groups in total. The van der Waals surface area contributed by atoms with E-state index in [0.29, 0.717) is 17.4 Å². The molecule has 0 atom stereocenters. The van der Waals surface area contributed by atoms with Gasteiger partial charge in [-0.25, -0.2) is 13.1 Å². The largest absolute Gasteiger partial charge is 0.496 e. The van der Waals surface area contributed by atoms with E-state index in [9.17, 15) is 21.6 Å². The first kappa shape index (κ1) is 18.8. The van der Waals surface area contributed by atoms with Crippen molar-refractivity contribution in [1.82, 2.24) is 4.72 Å². The summed E-state index contributed by atoms with van der Waals surface area (Å²) < 4.78 is 70.5. The Morgan fingerprint density at radius 1 is 1.17 bits per heavy atom. The first-order chi connectivity index (χ1) is 11.1. The van der Waals surface area contributed by atoms with E-state index in [2.05, 4.69) is 20.7 Å². The molecule has 0 aliphatic heterocycles. The molecule has 130 valence electrons. The van der Waals surface area contributed by atoms with E-state index >= 15 is 0 Å². The number of halogens is 4. The van der Waals surface area contributed by atoms with Crippen LogP contribution in [0, 0.1) is 0 Å². The second-order valence-electron chi connectivity index (χ2n) is 4.81. The van der Waals surface area contributed by atoms with Crippen LogP contribution in [0.2, 0.25) is 0 Å². The predicted molar refractivity (Wildman–Crippen MR) is 86.2 cm³/mol. The number of sulfonamides is 1. The summed E-state index contributed by atoms with van der Waals surface area (Å²) in [5, 5.41) is 0. The number of nitrogens with one attached hydrogen (secondary N) is 1. The van der Waals surface area contributed by atoms with Crippen molar-refractivity contribution in [2.45, 2.75) is 17.6 Å². The van der Waals surface area contributed by atoms with Crippen LogP contribution in [0.4, 0.5) is 13.2 Å². The number of ether oxygens (including phenoxy) is 1. The molecule has 0 fully saturated rings. The van der Waals surface area contributed by atoms with Crippen LogP contribution in [-0.4, -0.2) is 15.5 Å². The summed E-state index contributed by atoms with van der Waals surface area (Å²) in [6, 6.07) is 9.26. The zero-order valence-electron chi connectivity index (χ0n) is 12.4. The SMILES string of the molecule is COc1ccccc1CNS(=O)(=O)c1cc(Br)cc(C(F)(F)F)c1. The summed E-state index contributed by atoms with van der Waals surface area (Å²) in [6.45, 7) is -0.111. The summed E-state index contributed by atoms with van der Waals surface area (Å²) in [5.41, 5.74) is -0.482. The number of methoxy groups -OCH3 is 1. The smallest absolute Gasteiger partial charge is 0.416 e. The van der Waals surface area contributed by atoms with Crippen LogP contribution in [0.15, 0.2) is 51.8 Å². The molecule has 0 bridgehead atoms. The molecule has 0 aliphatic carbocycles. The molecule has 0 aliphatic rings. The highest BCUT2D eigenvalue weighted by Gasteiger charge is 2.32. The lowest BCUT2D eigenvalue weighted by Crippen LogP contribution is -2.24. The van der Waals surface area contributed by atoms with Gasteiger partial charge in [0.2, 0.25) is 10.0 Å². The van der Waals surface area contributed by atoms with Crippen LogP contribution in [0.25, 0.3) is 0 Å². The third kappa shape index (κ3) is 4.49. The summed E-state index contributed by atoms with van der Waals surface area (Å²) in [4.78, 5) is -0.473. The molecule has 0 amide bonds. The van der Waals surface area contributed by atoms with Crippen molar-refractivity contribution in [2.75, 3.05) is 7.11 Å². The molecule has 4 nitrogen and oxygen atoms in total. The van der Waals surface area contributed by atoms with Crippen molar-refractivity contribution in [2.24, 2.45) is 0 Å². The van der Waals surface area contributed by atoms with E-state index in [1.54, 1.807) is 24.3 Å². The van der Waals surface area contributed by atoms with Gasteiger partial charge in [0.1, 0.15) is 5.75 Å². The quantitative estimate of drug-likeness (QED) is 0.791. The second kappa shape index (κ2) is 7.12. The van der Waals surface area contributed by atoms with Crippen LogP contribution in [0.3, 0.4) is 0 Å². The first-order valence-corrected chi connectivity index (χ1v) is 8.90. The summed E-state index contributed by atoms with van der Waals surface area (Å²) >= 11 is 2.90. The maximum atomic E-state index is 12.8. The van der Waals surface area contributed by atoms with Gasteiger partial charge in [0.15, 0.2) is 0 Å². The van der Waals surface area contributed by atoms with Gasteiger partial charge in [-0.3, -0.25) is 0 Å². The Bertz CT molecular complexity index is 838. The van der Waals surface area contributed by atoms with Gasteiger partial charge in [0.25, 0.3) is 0 Å². The van der Waals surface area contributed by atoms with Gasteiger partial charge >= 0.3 is 6.18 Å². The van der Waals surface area contributed by atoms with Gasteiger partial charge in [0, 0.05) is 16.6 Å². The molecule has 2 aromatic carbocycles. The highest BCUT2D eigenvalue weighted by molar-refractivity contribution is 9.10. The van der Waals surface area contributed by atoms with Crippen LogP contribution in [-0.2, 0) is 22.7 Å². The highest BCUT2D eigenvalue weighted by Crippen LogP contribution is 2.33. The Morgan fingerprint density at radius 2 is 1.83 bits per heavy atom. The van der Waals surface area contributed by atoms with Crippen LogP contribution >= 0.6 is 15.9 Å². The van der Waals surface area contributed by atoms with Crippen LogP contribution in [0.5, 0.6) is 5.75 Å². The number of alkyl halides is 3. The lowest BCUT2D eigenvalue weighted by Gasteiger charge is -2.12. The molecule has 0 saturated heterocycles. The van der Waals surface area contributed by atoms with E-state index in [1.165, 1.54) is 7.11 Å². The normalized spacial score (nSPS) is 12.2. The Morgan fingerprint density at radius 3 is 2.46 bits per heavy atom. The zero-order valence-corrected chi connectivity index (χ0v) is 14.8. The van der Waals surface area contributed by atoms with E-state index in [4.69, 9.17) is 4.74 Å². The number of para-hydroxylation sites is 1. The van der Waals surface area contributed by atoms with Crippen LogP contribution in [0.1, 0.15) is 11.1 Å². The molecule has 0 spiro atoms. The average molecular weight is 424 g/mol. The lowest BCUT2D eigenvalue weighted by molar-refractivity contribution is -0.137. The van der Waals surface area contributed by atoms with Crippen molar-refractivity contribution in [3.8, 4) is 5.75 Å². The lowest BCUT2D eigenvalue weighted by atomic mass is 10.2. The standard InChI is InChI=1S/C15H13BrF3NO3S/c1-23-14-5-3-2-4-10(14)9-20-24(21,22)13-7-11(15(17,18)19)6-12(16)8-13/h2-8,20H,9H2,1H3. The number of benzene rings is 2. The predicted octanol–water partition coefficient (Wildman–Crippen LogP) is 3.96. The molecule has 2 rings (SSSR count). The monoisotopic (exact) mass is 423 g/mol. The number of hydrogen-bond donors (Lipinski definition) is 1. The molecule has 0 aromatic heterocycles. The Balaban J connectivity index is 2.29. The third-order valence-electron chi connectivity index (χ3n) is 3.15. The molecule has 2 aromatic rings. The number of hydrogen-bond acceptors (Lipinski definition) is 3. The molecular formula is C15H13BrF3NO3S. The van der Waals surface area contributed by atoms with Crippen LogP contribution < -0.4 is 9.46 Å². The fourth-order valence-corrected chi connectivity index (χ4v) is 3.71. The Hall–Kier alpha value is -1.58. The molecule has 9 heteroatoms. The van der Waals surface area contributed by atoms with Crippen molar-refractivity contribution in [3.63, 3.8) is 0 Å². The first-order valence-electron chi connectivity index (χ1n) is 6.63. The fourth-order valence-electron chi connectivity index (χ4n) is 1.99. The topological polar surface area (TPSA) is 55.4 Å². The zero-order chi connectivity index (χ0) is 18.0. The minimum absolute atomic E-state index is 0.0231. The van der Waals surface area contributed by atoms with Gasteiger partial charge in [-0.05, 0) is 24.3 Å². The minimum atomic E-state index is -4.64. The van der Waals surface area contributed by atoms with Gasteiger partial charge < -0.3 is 4.74 Å². The third-order valence-corrected chi connectivity index (χ3v) is 4.99. The van der Waals surface area contributed by atoms with E-state index in [0.717, 1.165) is 12.1 Å². The molecular weight excluding hydrogens is 411 g/mol. The molecule has 0 radical (unpaired) electrons. The maximum Gasteiger partial charge on any atom is 0.416 e. The molecule has 24 heavy (non-hydrogen) atoms. The van der Waals surface area contributed by atoms with Crippen molar-refractivity contribution in [1.29, 1.82) is 0 Å². The molecule has 0 unspecified atom stereocenters. The van der Waals surface area contributed by atoms with Crippen molar-refractivity contribution in [3.05, 3.63) is 58.1 Å². The van der Waals surface area contributed by atoms with Gasteiger partial charge in [-0.2, -0.15) is 13.2 Å². The van der Waals surface area contributed by atoms with Crippen molar-refractivity contribution >= 4 is 26.0 Å². The summed E-state index contributed by atoms with van der Waals surface area (Å²) in [7, 11) is -2.68. The number of rotatable bonds is 5. The average Bonchev–Trinajstić information content (AvgIpc) is 2.52. The minimum Gasteiger partial charge on any atom is -0.496 e. The second-order valence-corrected chi connectivity index (χ2v) is 7.49. The molecule has 0 heterocycles. The van der Waals surface area contributed by atoms with Gasteiger partial charge in [0.05, 0.1) is 17.6 Å². The van der Waals surface area contributed by atoms with Gasteiger partial charge in [-0.1, -0.05) is 34.1 Å². The Kier molecular flexibility index (Phi) is 5.56. The molecule has 0 saturated carbocycles. The summed E-state index contributed by atoms with van der Waals surface area (Å²) in [5.74, 6) is 0.477. The van der Waals surface area contributed by atoms with E-state index in [-0.39, 0.29) is 11.0 Å². The van der Waals surface area contributed by atoms with E-state index < -0.39 is 26.7 Å². The maximum absolute atomic E-state index is 12.8. The van der Waals surface area contributed by atoms with E-state index in [1.807, 2.05) is 0 Å². The summed E-state index contributed by atoms with van der Waals surface area (Å²) in [6.07, 6.45) is -4.64. The highest BCUT2D eigenvalue weighted by atomic mass is 79.9.